The Kier molecular flexibility index (Phi) is 7.59. The van der Waals surface area contributed by atoms with Crippen molar-refractivity contribution in [2.75, 3.05) is 18.6 Å². The lowest BCUT2D eigenvalue weighted by Gasteiger charge is -2.27. The molecule has 1 heterocycles. The summed E-state index contributed by atoms with van der Waals surface area (Å²) in [5, 5.41) is 22.2. The summed E-state index contributed by atoms with van der Waals surface area (Å²) in [4.78, 5) is 28.2. The van der Waals surface area contributed by atoms with Crippen molar-refractivity contribution in [2.45, 2.75) is 19.9 Å². The third-order valence-corrected chi connectivity index (χ3v) is 6.99. The minimum absolute atomic E-state index is 0.108. The third kappa shape index (κ3) is 4.70. The van der Waals surface area contributed by atoms with Gasteiger partial charge in [-0.3, -0.25) is 14.5 Å². The highest BCUT2D eigenvalue weighted by Gasteiger charge is 2.47. The van der Waals surface area contributed by atoms with E-state index in [4.69, 9.17) is 44.3 Å². The van der Waals surface area contributed by atoms with Crippen LogP contribution in [0.2, 0.25) is 15.1 Å². The smallest absolute Gasteiger partial charge is 0.300 e. The Morgan fingerprint density at radius 1 is 1.03 bits per heavy atom. The third-order valence-electron chi connectivity index (χ3n) is 6.02. The molecule has 1 aliphatic rings. The molecule has 1 fully saturated rings. The highest BCUT2D eigenvalue weighted by Crippen LogP contribution is 2.46. The first-order valence-corrected chi connectivity index (χ1v) is 12.3. The first-order chi connectivity index (χ1) is 17.6. The van der Waals surface area contributed by atoms with E-state index in [0.29, 0.717) is 21.8 Å². The molecule has 2 N–H and O–H groups in total. The number of ether oxygens (including phenoxy) is 2. The van der Waals surface area contributed by atoms with E-state index in [9.17, 15) is 19.8 Å². The van der Waals surface area contributed by atoms with Crippen molar-refractivity contribution in [2.24, 2.45) is 0 Å². The van der Waals surface area contributed by atoms with Gasteiger partial charge in [-0.15, -0.1) is 0 Å². The van der Waals surface area contributed by atoms with Gasteiger partial charge >= 0.3 is 0 Å². The summed E-state index contributed by atoms with van der Waals surface area (Å²) in [5.41, 5.74) is 1.28. The quantitative estimate of drug-likeness (QED) is 0.197. The van der Waals surface area contributed by atoms with Crippen LogP contribution in [0.25, 0.3) is 5.76 Å². The van der Waals surface area contributed by atoms with Crippen LogP contribution in [0.3, 0.4) is 0 Å². The molecular weight excluding hydrogens is 541 g/mol. The number of ketones is 1. The van der Waals surface area contributed by atoms with Crippen LogP contribution < -0.4 is 14.4 Å². The normalized spacial score (nSPS) is 16.8. The highest BCUT2D eigenvalue weighted by molar-refractivity contribution is 6.52. The van der Waals surface area contributed by atoms with E-state index in [-0.39, 0.29) is 45.0 Å². The molecule has 3 aromatic carbocycles. The number of halogens is 3. The number of nitrogens with zero attached hydrogens (tertiary/aromatic N) is 1. The van der Waals surface area contributed by atoms with Crippen molar-refractivity contribution in [1.29, 1.82) is 0 Å². The lowest BCUT2D eigenvalue weighted by atomic mass is 9.94. The molecule has 1 amide bonds. The number of hydrogen-bond acceptors (Lipinski definition) is 6. The molecule has 1 atom stereocenters. The lowest BCUT2D eigenvalue weighted by Crippen LogP contribution is -2.30. The maximum Gasteiger partial charge on any atom is 0.300 e. The van der Waals surface area contributed by atoms with E-state index in [1.165, 1.54) is 36.3 Å². The van der Waals surface area contributed by atoms with Gasteiger partial charge < -0.3 is 19.7 Å². The first-order valence-electron chi connectivity index (χ1n) is 11.2. The summed E-state index contributed by atoms with van der Waals surface area (Å²) in [6.07, 6.45) is 0. The predicted molar refractivity (Wildman–Crippen MR) is 143 cm³/mol. The Hall–Kier alpha value is -3.39. The summed E-state index contributed by atoms with van der Waals surface area (Å²) < 4.78 is 10.7. The zero-order chi connectivity index (χ0) is 27.0. The molecule has 0 spiro atoms. The molecule has 1 unspecified atom stereocenters. The number of aliphatic hydroxyl groups excluding tert-OH is 1. The van der Waals surface area contributed by atoms with Gasteiger partial charge in [0.05, 0.1) is 35.4 Å². The molecule has 10 heteroatoms. The van der Waals surface area contributed by atoms with Crippen LogP contribution in [0.5, 0.6) is 17.2 Å². The molecule has 0 aliphatic carbocycles. The van der Waals surface area contributed by atoms with Gasteiger partial charge in [-0.05, 0) is 61.4 Å². The number of hydrogen-bond donors (Lipinski definition) is 2. The van der Waals surface area contributed by atoms with Gasteiger partial charge in [0.1, 0.15) is 5.76 Å². The molecular formula is C27H22Cl3NO6. The van der Waals surface area contributed by atoms with Crippen molar-refractivity contribution >= 4 is 57.9 Å². The molecule has 3 aromatic rings. The largest absolute Gasteiger partial charge is 0.507 e. The van der Waals surface area contributed by atoms with Crippen molar-refractivity contribution in [3.8, 4) is 17.2 Å². The average Bonchev–Trinajstić information content (AvgIpc) is 3.12. The fourth-order valence-electron chi connectivity index (χ4n) is 4.27. The monoisotopic (exact) mass is 561 g/mol. The molecule has 4 rings (SSSR count). The number of phenols is 1. The van der Waals surface area contributed by atoms with Crippen LogP contribution in [0.15, 0.2) is 54.1 Å². The summed E-state index contributed by atoms with van der Waals surface area (Å²) >= 11 is 18.9. The Balaban J connectivity index is 2.01. The molecule has 37 heavy (non-hydrogen) atoms. The number of amides is 1. The standard InChI is InChI=1S/C27H22Cl3NO6/c1-4-37-21-12-14(8-9-20(21)32)23-22(24(33)15-10-17(29)26(36-3)18(30)11-15)25(34)27(35)31(23)19-7-5-6-16(28)13(19)2/h5-12,23,32-33H,4H2,1-3H3/b24-22+. The van der Waals surface area contributed by atoms with Gasteiger partial charge in [-0.25, -0.2) is 0 Å². The van der Waals surface area contributed by atoms with Crippen LogP contribution in [0.1, 0.15) is 29.7 Å². The number of methoxy groups -OCH3 is 1. The topological polar surface area (TPSA) is 96.3 Å². The van der Waals surface area contributed by atoms with Gasteiger partial charge in [-0.2, -0.15) is 0 Å². The number of benzene rings is 3. The zero-order valence-electron chi connectivity index (χ0n) is 20.0. The number of Topliss-reactive ketones (excluding diaryl/α,β-unsaturated/α-hetero) is 1. The van der Waals surface area contributed by atoms with Gasteiger partial charge in [0.15, 0.2) is 17.2 Å². The van der Waals surface area contributed by atoms with E-state index in [2.05, 4.69) is 0 Å². The van der Waals surface area contributed by atoms with Gasteiger partial charge in [0.2, 0.25) is 0 Å². The maximum atomic E-state index is 13.4. The second kappa shape index (κ2) is 10.5. The number of anilines is 1. The van der Waals surface area contributed by atoms with E-state index in [1.54, 1.807) is 38.1 Å². The minimum atomic E-state index is -1.09. The van der Waals surface area contributed by atoms with Gasteiger partial charge in [0, 0.05) is 16.3 Å². The van der Waals surface area contributed by atoms with Crippen LogP contribution >= 0.6 is 34.8 Å². The molecule has 7 nitrogen and oxygen atoms in total. The molecule has 192 valence electrons. The SMILES string of the molecule is CCOc1cc(C2/C(=C(\O)c3cc(Cl)c(OC)c(Cl)c3)C(=O)C(=O)N2c2cccc(Cl)c2C)ccc1O. The van der Waals surface area contributed by atoms with Crippen molar-refractivity contribution in [1.82, 2.24) is 0 Å². The molecule has 0 bridgehead atoms. The van der Waals surface area contributed by atoms with Crippen molar-refractivity contribution in [3.05, 3.63) is 85.9 Å². The van der Waals surface area contributed by atoms with Crippen LogP contribution in [-0.4, -0.2) is 35.6 Å². The summed E-state index contributed by atoms with van der Waals surface area (Å²) in [7, 11) is 1.40. The summed E-state index contributed by atoms with van der Waals surface area (Å²) in [5.74, 6) is -2.03. The maximum absolute atomic E-state index is 13.4. The van der Waals surface area contributed by atoms with Gasteiger partial charge in [-0.1, -0.05) is 46.9 Å². The lowest BCUT2D eigenvalue weighted by molar-refractivity contribution is -0.132. The number of phenolic OH excluding ortho intramolecular Hbond substituents is 1. The van der Waals surface area contributed by atoms with Crippen molar-refractivity contribution < 1.29 is 29.3 Å². The molecule has 1 saturated heterocycles. The highest BCUT2D eigenvalue weighted by atomic mass is 35.5. The molecule has 0 aromatic heterocycles. The second-order valence-corrected chi connectivity index (χ2v) is 9.41. The first kappa shape index (κ1) is 26.7. The fourth-order valence-corrected chi connectivity index (χ4v) is 5.08. The number of aliphatic hydroxyl groups is 1. The Morgan fingerprint density at radius 3 is 2.32 bits per heavy atom. The number of rotatable bonds is 6. The summed E-state index contributed by atoms with van der Waals surface area (Å²) in [6.45, 7) is 3.75. The zero-order valence-corrected chi connectivity index (χ0v) is 22.3. The second-order valence-electron chi connectivity index (χ2n) is 8.19. The Bertz CT molecular complexity index is 1430. The van der Waals surface area contributed by atoms with Crippen LogP contribution in [0.4, 0.5) is 5.69 Å². The fraction of sp³-hybridized carbons (Fsp3) is 0.185. The van der Waals surface area contributed by atoms with Crippen LogP contribution in [-0.2, 0) is 9.59 Å². The summed E-state index contributed by atoms with van der Waals surface area (Å²) in [6, 6.07) is 11.1. The predicted octanol–water partition coefficient (Wildman–Crippen LogP) is 6.69. The number of carbonyl (C=O) groups is 2. The van der Waals surface area contributed by atoms with E-state index in [1.807, 2.05) is 0 Å². The van der Waals surface area contributed by atoms with Crippen molar-refractivity contribution in [3.63, 3.8) is 0 Å². The van der Waals surface area contributed by atoms with Crippen LogP contribution in [0, 0.1) is 6.92 Å². The minimum Gasteiger partial charge on any atom is -0.507 e. The molecule has 1 aliphatic heterocycles. The van der Waals surface area contributed by atoms with E-state index < -0.39 is 23.5 Å². The van der Waals surface area contributed by atoms with E-state index >= 15 is 0 Å². The molecule has 0 saturated carbocycles. The number of carbonyl (C=O) groups excluding carboxylic acids is 2. The number of aromatic hydroxyl groups is 1. The van der Waals surface area contributed by atoms with E-state index in [0.717, 1.165) is 0 Å². The Morgan fingerprint density at radius 2 is 1.70 bits per heavy atom. The average molecular weight is 563 g/mol. The molecule has 0 radical (unpaired) electrons. The Labute approximate surface area is 228 Å². The van der Waals surface area contributed by atoms with Gasteiger partial charge in [0.25, 0.3) is 11.7 Å².